The number of aromatic nitrogens is 1. The molecule has 1 heterocycles. The van der Waals surface area contributed by atoms with Crippen molar-refractivity contribution in [2.45, 2.75) is 0 Å². The summed E-state index contributed by atoms with van der Waals surface area (Å²) in [6.07, 6.45) is 1.58. The van der Waals surface area contributed by atoms with Gasteiger partial charge in [-0.3, -0.25) is 4.79 Å². The third-order valence-corrected chi connectivity index (χ3v) is 2.48. The van der Waals surface area contributed by atoms with Crippen LogP contribution in [0.3, 0.4) is 0 Å². The predicted molar refractivity (Wildman–Crippen MR) is 62.5 cm³/mol. The maximum Gasteiger partial charge on any atom is 0.253 e. The molecule has 0 bridgehead atoms. The fourth-order valence-corrected chi connectivity index (χ4v) is 1.65. The van der Waals surface area contributed by atoms with E-state index in [-0.39, 0.29) is 11.7 Å². The molecule has 2 aromatic rings. The number of benzene rings is 1. The van der Waals surface area contributed by atoms with Crippen molar-refractivity contribution in [1.82, 2.24) is 10.3 Å². The lowest BCUT2D eigenvalue weighted by molar-refractivity contribution is 0.0939. The van der Waals surface area contributed by atoms with Gasteiger partial charge in [0.25, 0.3) is 5.91 Å². The number of H-pyrrole nitrogens is 1. The largest absolute Gasteiger partial charge is 0.383 e. The molecule has 2 N–H and O–H groups in total. The van der Waals surface area contributed by atoms with Crippen LogP contribution >= 0.6 is 0 Å². The minimum Gasteiger partial charge on any atom is -0.383 e. The van der Waals surface area contributed by atoms with E-state index >= 15 is 0 Å². The summed E-state index contributed by atoms with van der Waals surface area (Å²) in [6, 6.07) is 4.29. The summed E-state index contributed by atoms with van der Waals surface area (Å²) in [6.45, 7) is 0.909. The molecule has 4 nitrogen and oxygen atoms in total. The van der Waals surface area contributed by atoms with Gasteiger partial charge < -0.3 is 15.0 Å². The van der Waals surface area contributed by atoms with Gasteiger partial charge in [-0.15, -0.1) is 0 Å². The number of methoxy groups -OCH3 is 1. The number of nitrogens with one attached hydrogen (secondary N) is 2. The summed E-state index contributed by atoms with van der Waals surface area (Å²) in [5.74, 6) is -0.523. The molecule has 0 aliphatic heterocycles. The van der Waals surface area contributed by atoms with Crippen molar-refractivity contribution in [2.24, 2.45) is 0 Å². The van der Waals surface area contributed by atoms with Gasteiger partial charge in [0.2, 0.25) is 0 Å². The van der Waals surface area contributed by atoms with Gasteiger partial charge in [0, 0.05) is 30.8 Å². The molecule has 0 spiro atoms. The quantitative estimate of drug-likeness (QED) is 0.793. The molecule has 0 unspecified atom stereocenters. The first-order valence-corrected chi connectivity index (χ1v) is 5.26. The molecule has 0 saturated carbocycles. The van der Waals surface area contributed by atoms with Gasteiger partial charge in [-0.25, -0.2) is 4.39 Å². The second-order valence-electron chi connectivity index (χ2n) is 3.64. The lowest BCUT2D eigenvalue weighted by Gasteiger charge is -2.02. The highest BCUT2D eigenvalue weighted by molar-refractivity contribution is 6.06. The van der Waals surface area contributed by atoms with Crippen LogP contribution in [0.1, 0.15) is 10.4 Å². The number of hydrogen-bond donors (Lipinski definition) is 2. The number of rotatable bonds is 4. The van der Waals surface area contributed by atoms with Crippen LogP contribution in [0.25, 0.3) is 10.9 Å². The molecular formula is C12H13FN2O2. The molecule has 2 rings (SSSR count). The number of halogens is 1. The van der Waals surface area contributed by atoms with E-state index in [9.17, 15) is 9.18 Å². The van der Waals surface area contributed by atoms with Crippen molar-refractivity contribution in [3.8, 4) is 0 Å². The highest BCUT2D eigenvalue weighted by Crippen LogP contribution is 2.18. The first-order valence-electron chi connectivity index (χ1n) is 5.26. The molecule has 0 fully saturated rings. The fraction of sp³-hybridized carbons (Fsp3) is 0.250. The Morgan fingerprint density at radius 3 is 3.12 bits per heavy atom. The molecule has 0 aliphatic carbocycles. The highest BCUT2D eigenvalue weighted by Gasteiger charge is 2.11. The zero-order valence-electron chi connectivity index (χ0n) is 9.42. The van der Waals surface area contributed by atoms with Crippen LogP contribution in [-0.2, 0) is 4.74 Å². The van der Waals surface area contributed by atoms with Crippen LogP contribution in [0.15, 0.2) is 24.4 Å². The molecule has 0 aliphatic rings. The topological polar surface area (TPSA) is 54.1 Å². The van der Waals surface area contributed by atoms with Crippen molar-refractivity contribution >= 4 is 16.8 Å². The van der Waals surface area contributed by atoms with E-state index in [4.69, 9.17) is 4.74 Å². The smallest absolute Gasteiger partial charge is 0.253 e. The van der Waals surface area contributed by atoms with E-state index in [0.29, 0.717) is 29.6 Å². The Morgan fingerprint density at radius 2 is 2.35 bits per heavy atom. The first kappa shape index (κ1) is 11.6. The number of fused-ring (bicyclic) bond motifs is 1. The van der Waals surface area contributed by atoms with Gasteiger partial charge in [0.05, 0.1) is 12.2 Å². The number of amides is 1. The maximum absolute atomic E-state index is 13.0. The lowest BCUT2D eigenvalue weighted by Crippen LogP contribution is -2.26. The Kier molecular flexibility index (Phi) is 3.39. The Hall–Kier alpha value is -1.88. The molecule has 0 atom stereocenters. The average Bonchev–Trinajstić information content (AvgIpc) is 2.72. The number of hydrogen-bond acceptors (Lipinski definition) is 2. The Labute approximate surface area is 97.8 Å². The Morgan fingerprint density at radius 1 is 1.53 bits per heavy atom. The van der Waals surface area contributed by atoms with Gasteiger partial charge in [0.1, 0.15) is 5.82 Å². The molecule has 5 heteroatoms. The van der Waals surface area contributed by atoms with Crippen molar-refractivity contribution in [2.75, 3.05) is 20.3 Å². The van der Waals surface area contributed by atoms with Gasteiger partial charge in [-0.05, 0) is 18.2 Å². The van der Waals surface area contributed by atoms with E-state index in [1.807, 2.05) is 0 Å². The molecule has 17 heavy (non-hydrogen) atoms. The molecule has 1 aromatic carbocycles. The summed E-state index contributed by atoms with van der Waals surface area (Å²) < 4.78 is 17.8. The average molecular weight is 236 g/mol. The zero-order chi connectivity index (χ0) is 12.3. The van der Waals surface area contributed by atoms with Crippen molar-refractivity contribution < 1.29 is 13.9 Å². The van der Waals surface area contributed by atoms with Gasteiger partial charge >= 0.3 is 0 Å². The second-order valence-corrected chi connectivity index (χ2v) is 3.64. The summed E-state index contributed by atoms with van der Waals surface area (Å²) in [5.41, 5.74) is 1.12. The minimum atomic E-state index is -0.328. The summed E-state index contributed by atoms with van der Waals surface area (Å²) in [4.78, 5) is 14.7. The summed E-state index contributed by atoms with van der Waals surface area (Å²) in [5, 5.41) is 3.42. The van der Waals surface area contributed by atoms with E-state index < -0.39 is 0 Å². The van der Waals surface area contributed by atoms with Crippen LogP contribution in [0, 0.1) is 5.82 Å². The lowest BCUT2D eigenvalue weighted by atomic mass is 10.1. The molecule has 90 valence electrons. The second kappa shape index (κ2) is 4.97. The summed E-state index contributed by atoms with van der Waals surface area (Å²) in [7, 11) is 1.57. The van der Waals surface area contributed by atoms with Crippen LogP contribution in [0.5, 0.6) is 0 Å². The maximum atomic E-state index is 13.0. The van der Waals surface area contributed by atoms with Crippen molar-refractivity contribution in [3.63, 3.8) is 0 Å². The predicted octanol–water partition coefficient (Wildman–Crippen LogP) is 1.68. The van der Waals surface area contributed by atoms with E-state index in [2.05, 4.69) is 10.3 Å². The van der Waals surface area contributed by atoms with E-state index in [0.717, 1.165) is 0 Å². The molecule has 1 aromatic heterocycles. The van der Waals surface area contributed by atoms with Crippen LogP contribution in [0.2, 0.25) is 0 Å². The minimum absolute atomic E-state index is 0.195. The van der Waals surface area contributed by atoms with Crippen molar-refractivity contribution in [3.05, 3.63) is 35.8 Å². The Bertz CT molecular complexity index is 536. The first-order chi connectivity index (χ1) is 8.22. The number of carbonyl (C=O) groups excluding carboxylic acids is 1. The van der Waals surface area contributed by atoms with Crippen LogP contribution < -0.4 is 5.32 Å². The molecule has 0 saturated heterocycles. The number of carbonyl (C=O) groups is 1. The Balaban J connectivity index is 2.21. The number of ether oxygens (including phenoxy) is 1. The molecule has 0 radical (unpaired) electrons. The third kappa shape index (κ3) is 2.45. The third-order valence-electron chi connectivity index (χ3n) is 2.48. The number of aromatic amines is 1. The van der Waals surface area contributed by atoms with Gasteiger partial charge in [-0.2, -0.15) is 0 Å². The monoisotopic (exact) mass is 236 g/mol. The van der Waals surface area contributed by atoms with Crippen LogP contribution in [-0.4, -0.2) is 31.2 Å². The molecule has 1 amide bonds. The van der Waals surface area contributed by atoms with Gasteiger partial charge in [-0.1, -0.05) is 0 Å². The normalized spacial score (nSPS) is 10.7. The SMILES string of the molecule is COCCNC(=O)c1c[nH]c2cc(F)ccc12. The van der Waals surface area contributed by atoms with E-state index in [1.165, 1.54) is 12.1 Å². The zero-order valence-corrected chi connectivity index (χ0v) is 9.42. The van der Waals surface area contributed by atoms with Gasteiger partial charge in [0.15, 0.2) is 0 Å². The van der Waals surface area contributed by atoms with E-state index in [1.54, 1.807) is 19.4 Å². The summed E-state index contributed by atoms with van der Waals surface area (Å²) >= 11 is 0. The van der Waals surface area contributed by atoms with Crippen LogP contribution in [0.4, 0.5) is 4.39 Å². The standard InChI is InChI=1S/C12H13FN2O2/c1-17-5-4-14-12(16)10-7-15-11-6-8(13)2-3-9(10)11/h2-3,6-7,15H,4-5H2,1H3,(H,14,16). The molecular weight excluding hydrogens is 223 g/mol. The fourth-order valence-electron chi connectivity index (χ4n) is 1.65. The van der Waals surface area contributed by atoms with Crippen molar-refractivity contribution in [1.29, 1.82) is 0 Å². The highest BCUT2D eigenvalue weighted by atomic mass is 19.1.